The maximum atomic E-state index is 12.1. The van der Waals surface area contributed by atoms with Crippen LogP contribution in [0.25, 0.3) is 0 Å². The first-order valence-electron chi connectivity index (χ1n) is 6.97. The lowest BCUT2D eigenvalue weighted by Gasteiger charge is -2.19. The Labute approximate surface area is 120 Å². The number of carbonyl (C=O) groups excluding carboxylic acids is 1. The first-order chi connectivity index (χ1) is 9.40. The molecule has 0 radical (unpaired) electrons. The van der Waals surface area contributed by atoms with Gasteiger partial charge in [-0.3, -0.25) is 4.79 Å². The fourth-order valence-electron chi connectivity index (χ4n) is 2.07. The van der Waals surface area contributed by atoms with Crippen LogP contribution in [-0.4, -0.2) is 23.0 Å². The Morgan fingerprint density at radius 1 is 1.15 bits per heavy atom. The highest BCUT2D eigenvalue weighted by molar-refractivity contribution is 5.84. The summed E-state index contributed by atoms with van der Waals surface area (Å²) >= 11 is 0. The van der Waals surface area contributed by atoms with E-state index in [1.54, 1.807) is 0 Å². The summed E-state index contributed by atoms with van der Waals surface area (Å²) in [5.74, 6) is -1.20. The van der Waals surface area contributed by atoms with Crippen molar-refractivity contribution in [3.63, 3.8) is 0 Å². The lowest BCUT2D eigenvalue weighted by atomic mass is 9.98. The summed E-state index contributed by atoms with van der Waals surface area (Å²) in [6.45, 7) is 5.70. The van der Waals surface area contributed by atoms with Crippen LogP contribution < -0.4 is 5.32 Å². The van der Waals surface area contributed by atoms with Crippen molar-refractivity contribution in [2.45, 2.75) is 39.7 Å². The standard InChI is InChI=1S/C16H23NO3/c1-11(2)9-14(16(19)20)17-15(18)12(3)10-13-7-5-4-6-8-13/h4-8,11-12,14H,9-10H2,1-3H3,(H,17,18)(H,19,20)/t12-,14?/m0/s1. The van der Waals surface area contributed by atoms with Crippen LogP contribution in [0, 0.1) is 11.8 Å². The Bertz CT molecular complexity index is 442. The van der Waals surface area contributed by atoms with Crippen LogP contribution in [0.4, 0.5) is 0 Å². The van der Waals surface area contributed by atoms with Crippen molar-refractivity contribution in [1.82, 2.24) is 5.32 Å². The molecule has 0 spiro atoms. The molecule has 1 unspecified atom stereocenters. The zero-order valence-corrected chi connectivity index (χ0v) is 12.3. The monoisotopic (exact) mass is 277 g/mol. The summed E-state index contributed by atoms with van der Waals surface area (Å²) in [5, 5.41) is 11.8. The van der Waals surface area contributed by atoms with Gasteiger partial charge in [0.25, 0.3) is 0 Å². The third-order valence-corrected chi connectivity index (χ3v) is 3.15. The molecule has 4 heteroatoms. The predicted molar refractivity (Wildman–Crippen MR) is 78.3 cm³/mol. The molecule has 0 saturated heterocycles. The Hall–Kier alpha value is -1.84. The van der Waals surface area contributed by atoms with E-state index in [4.69, 9.17) is 5.11 Å². The summed E-state index contributed by atoms with van der Waals surface area (Å²) in [7, 11) is 0. The van der Waals surface area contributed by atoms with Gasteiger partial charge < -0.3 is 10.4 Å². The Morgan fingerprint density at radius 3 is 2.25 bits per heavy atom. The van der Waals surface area contributed by atoms with E-state index < -0.39 is 12.0 Å². The average molecular weight is 277 g/mol. The van der Waals surface area contributed by atoms with Gasteiger partial charge in [-0.2, -0.15) is 0 Å². The molecular formula is C16H23NO3. The minimum atomic E-state index is -0.973. The molecule has 0 aliphatic carbocycles. The predicted octanol–water partition coefficient (Wildman–Crippen LogP) is 2.48. The fourth-order valence-corrected chi connectivity index (χ4v) is 2.07. The molecule has 1 amide bonds. The van der Waals surface area contributed by atoms with Crippen molar-refractivity contribution in [2.24, 2.45) is 11.8 Å². The topological polar surface area (TPSA) is 66.4 Å². The van der Waals surface area contributed by atoms with Gasteiger partial charge in [-0.1, -0.05) is 51.1 Å². The molecule has 2 N–H and O–H groups in total. The van der Waals surface area contributed by atoms with Crippen LogP contribution in [0.5, 0.6) is 0 Å². The van der Waals surface area contributed by atoms with Crippen LogP contribution >= 0.6 is 0 Å². The summed E-state index contributed by atoms with van der Waals surface area (Å²) in [6.07, 6.45) is 1.06. The van der Waals surface area contributed by atoms with Gasteiger partial charge in [-0.15, -0.1) is 0 Å². The van der Waals surface area contributed by atoms with Crippen LogP contribution in [-0.2, 0) is 16.0 Å². The third-order valence-electron chi connectivity index (χ3n) is 3.15. The second kappa shape index (κ2) is 7.68. The highest BCUT2D eigenvalue weighted by atomic mass is 16.4. The molecule has 110 valence electrons. The summed E-state index contributed by atoms with van der Waals surface area (Å²) in [5.41, 5.74) is 1.07. The van der Waals surface area contributed by atoms with E-state index in [0.717, 1.165) is 5.56 Å². The van der Waals surface area contributed by atoms with E-state index in [2.05, 4.69) is 5.32 Å². The maximum Gasteiger partial charge on any atom is 0.326 e. The highest BCUT2D eigenvalue weighted by Crippen LogP contribution is 2.10. The van der Waals surface area contributed by atoms with Crippen LogP contribution in [0.15, 0.2) is 30.3 Å². The first kappa shape index (κ1) is 16.2. The highest BCUT2D eigenvalue weighted by Gasteiger charge is 2.23. The Balaban J connectivity index is 2.57. The zero-order valence-electron chi connectivity index (χ0n) is 12.3. The van der Waals surface area contributed by atoms with Crippen molar-refractivity contribution in [2.75, 3.05) is 0 Å². The fraction of sp³-hybridized carbons (Fsp3) is 0.500. The van der Waals surface area contributed by atoms with Crippen LogP contribution in [0.2, 0.25) is 0 Å². The van der Waals surface area contributed by atoms with E-state index in [1.807, 2.05) is 51.1 Å². The molecule has 1 rings (SSSR count). The SMILES string of the molecule is CC(C)CC(NC(=O)[C@@H](C)Cc1ccccc1)C(=O)O. The minimum absolute atomic E-state index is 0.207. The number of aliphatic carboxylic acids is 1. The van der Waals surface area contributed by atoms with Crippen molar-refractivity contribution >= 4 is 11.9 Å². The molecule has 1 aromatic carbocycles. The van der Waals surface area contributed by atoms with Gasteiger partial charge in [0.2, 0.25) is 5.91 Å². The molecule has 20 heavy (non-hydrogen) atoms. The minimum Gasteiger partial charge on any atom is -0.480 e. The molecule has 0 aliphatic rings. The van der Waals surface area contributed by atoms with Gasteiger partial charge in [0, 0.05) is 5.92 Å². The van der Waals surface area contributed by atoms with Gasteiger partial charge in [0.05, 0.1) is 0 Å². The van der Waals surface area contributed by atoms with E-state index >= 15 is 0 Å². The lowest BCUT2D eigenvalue weighted by Crippen LogP contribution is -2.44. The largest absolute Gasteiger partial charge is 0.480 e. The Kier molecular flexibility index (Phi) is 6.22. The van der Waals surface area contributed by atoms with E-state index in [-0.39, 0.29) is 17.7 Å². The molecular weight excluding hydrogens is 254 g/mol. The maximum absolute atomic E-state index is 12.1. The lowest BCUT2D eigenvalue weighted by molar-refractivity contribution is -0.142. The summed E-state index contributed by atoms with van der Waals surface area (Å²) < 4.78 is 0. The van der Waals surface area contributed by atoms with Gasteiger partial charge >= 0.3 is 5.97 Å². The van der Waals surface area contributed by atoms with Crippen LogP contribution in [0.1, 0.15) is 32.8 Å². The molecule has 0 fully saturated rings. The molecule has 0 saturated carbocycles. The molecule has 0 aliphatic heterocycles. The van der Waals surface area contributed by atoms with Crippen molar-refractivity contribution in [1.29, 1.82) is 0 Å². The molecule has 0 bridgehead atoms. The Morgan fingerprint density at radius 2 is 1.75 bits per heavy atom. The molecule has 2 atom stereocenters. The normalized spacial score (nSPS) is 13.8. The third kappa shape index (κ3) is 5.43. The number of hydrogen-bond acceptors (Lipinski definition) is 2. The van der Waals surface area contributed by atoms with E-state index in [0.29, 0.717) is 12.8 Å². The van der Waals surface area contributed by atoms with Crippen LogP contribution in [0.3, 0.4) is 0 Å². The number of carboxylic acids is 1. The average Bonchev–Trinajstić information content (AvgIpc) is 2.38. The van der Waals surface area contributed by atoms with Crippen molar-refractivity contribution < 1.29 is 14.7 Å². The quantitative estimate of drug-likeness (QED) is 0.804. The molecule has 4 nitrogen and oxygen atoms in total. The van der Waals surface area contributed by atoms with Gasteiger partial charge in [-0.25, -0.2) is 4.79 Å². The number of amides is 1. The van der Waals surface area contributed by atoms with Gasteiger partial charge in [0.15, 0.2) is 0 Å². The smallest absolute Gasteiger partial charge is 0.326 e. The molecule has 1 aromatic rings. The molecule has 0 aromatic heterocycles. The van der Waals surface area contributed by atoms with E-state index in [1.165, 1.54) is 0 Å². The number of benzene rings is 1. The second-order valence-corrected chi connectivity index (χ2v) is 5.62. The number of carbonyl (C=O) groups is 2. The van der Waals surface area contributed by atoms with Crippen molar-refractivity contribution in [3.8, 4) is 0 Å². The second-order valence-electron chi connectivity index (χ2n) is 5.62. The van der Waals surface area contributed by atoms with E-state index in [9.17, 15) is 9.59 Å². The molecule has 0 heterocycles. The number of nitrogens with one attached hydrogen (secondary N) is 1. The summed E-state index contributed by atoms with van der Waals surface area (Å²) in [6, 6.07) is 8.91. The number of rotatable bonds is 7. The zero-order chi connectivity index (χ0) is 15.1. The van der Waals surface area contributed by atoms with Gasteiger partial charge in [-0.05, 0) is 24.3 Å². The number of carboxylic acid groups (broad SMARTS) is 1. The summed E-state index contributed by atoms with van der Waals surface area (Å²) in [4.78, 5) is 23.2. The first-order valence-corrected chi connectivity index (χ1v) is 6.97. The number of hydrogen-bond donors (Lipinski definition) is 2. The van der Waals surface area contributed by atoms with Crippen molar-refractivity contribution in [3.05, 3.63) is 35.9 Å². The van der Waals surface area contributed by atoms with Gasteiger partial charge in [0.1, 0.15) is 6.04 Å².